The van der Waals surface area contributed by atoms with Crippen LogP contribution in [-0.2, 0) is 0 Å². The minimum atomic E-state index is 0.248. The van der Waals surface area contributed by atoms with E-state index >= 15 is 0 Å². The molecule has 2 rings (SSSR count). The molecule has 98 valence electrons. The Morgan fingerprint density at radius 2 is 2.24 bits per heavy atom. The number of fused-ring (bicyclic) bond motifs is 1. The minimum absolute atomic E-state index is 0.248. The van der Waals surface area contributed by atoms with E-state index in [9.17, 15) is 0 Å². The van der Waals surface area contributed by atoms with E-state index in [-0.39, 0.29) is 5.54 Å². The zero-order valence-corrected chi connectivity index (χ0v) is 12.1. The summed E-state index contributed by atoms with van der Waals surface area (Å²) in [6.45, 7) is 7.01. The summed E-state index contributed by atoms with van der Waals surface area (Å²) in [4.78, 5) is 0. The van der Waals surface area contributed by atoms with Gasteiger partial charge in [-0.3, -0.25) is 0 Å². The lowest BCUT2D eigenvalue weighted by Gasteiger charge is -2.33. The number of unbranched alkanes of at least 4 members (excludes halogenated alkanes) is 1. The maximum atomic E-state index is 3.55. The summed E-state index contributed by atoms with van der Waals surface area (Å²) in [5, 5.41) is 3.55. The Labute approximate surface area is 107 Å². The minimum Gasteiger partial charge on any atom is -0.311 e. The van der Waals surface area contributed by atoms with Crippen LogP contribution in [0.1, 0.15) is 59.3 Å². The van der Waals surface area contributed by atoms with Gasteiger partial charge < -0.3 is 5.32 Å². The highest BCUT2D eigenvalue weighted by Crippen LogP contribution is 2.52. The first-order valence-corrected chi connectivity index (χ1v) is 7.48. The standard InChI is InChI=1S/C16H29N/c1-5-6-7-13-10-12(2)16(3,17-4)9-8-14-11-15(13)14/h10,13-15,17H,5-9,11H2,1-4H3/b12-10-. The lowest BCUT2D eigenvalue weighted by atomic mass is 9.80. The maximum Gasteiger partial charge on any atom is 0.0360 e. The van der Waals surface area contributed by atoms with Crippen molar-refractivity contribution in [3.05, 3.63) is 11.6 Å². The molecule has 1 N–H and O–H groups in total. The number of likely N-dealkylation sites (N-methyl/N-ethyl adjacent to an activating group) is 1. The van der Waals surface area contributed by atoms with Gasteiger partial charge in [0.2, 0.25) is 0 Å². The van der Waals surface area contributed by atoms with Crippen LogP contribution in [0, 0.1) is 17.8 Å². The van der Waals surface area contributed by atoms with Gasteiger partial charge in [-0.1, -0.05) is 31.4 Å². The van der Waals surface area contributed by atoms with Gasteiger partial charge in [0.15, 0.2) is 0 Å². The molecule has 0 spiro atoms. The number of rotatable bonds is 4. The Morgan fingerprint density at radius 1 is 1.47 bits per heavy atom. The molecule has 0 amide bonds. The number of nitrogens with one attached hydrogen (secondary N) is 1. The Morgan fingerprint density at radius 3 is 2.88 bits per heavy atom. The fraction of sp³-hybridized carbons (Fsp3) is 0.875. The lowest BCUT2D eigenvalue weighted by molar-refractivity contribution is 0.356. The average molecular weight is 235 g/mol. The molecule has 0 bridgehead atoms. The fourth-order valence-corrected chi connectivity index (χ4v) is 3.49. The Kier molecular flexibility index (Phi) is 3.97. The molecule has 0 aromatic carbocycles. The van der Waals surface area contributed by atoms with Gasteiger partial charge in [-0.15, -0.1) is 0 Å². The lowest BCUT2D eigenvalue weighted by Crippen LogP contribution is -2.41. The van der Waals surface area contributed by atoms with Gasteiger partial charge in [-0.25, -0.2) is 0 Å². The summed E-state index contributed by atoms with van der Waals surface area (Å²) in [5.74, 6) is 2.93. The molecule has 0 aromatic rings. The van der Waals surface area contributed by atoms with Gasteiger partial charge in [-0.05, 0) is 64.3 Å². The maximum absolute atomic E-state index is 3.55. The number of hydrogen-bond donors (Lipinski definition) is 1. The van der Waals surface area contributed by atoms with Gasteiger partial charge in [-0.2, -0.15) is 0 Å². The normalized spacial score (nSPS) is 44.2. The van der Waals surface area contributed by atoms with Crippen LogP contribution in [0.25, 0.3) is 0 Å². The van der Waals surface area contributed by atoms with E-state index in [2.05, 4.69) is 39.2 Å². The summed E-state index contributed by atoms with van der Waals surface area (Å²) < 4.78 is 0. The second kappa shape index (κ2) is 5.14. The van der Waals surface area contributed by atoms with Crippen molar-refractivity contribution < 1.29 is 0 Å². The first-order chi connectivity index (χ1) is 8.10. The van der Waals surface area contributed by atoms with Crippen molar-refractivity contribution in [3.8, 4) is 0 Å². The molecule has 1 fully saturated rings. The molecule has 1 nitrogen and oxygen atoms in total. The van der Waals surface area contributed by atoms with Crippen molar-refractivity contribution >= 4 is 0 Å². The SMILES string of the molecule is CCCCC1/C=C(/C)C(C)(NC)CCC2CC12. The molecule has 2 aliphatic carbocycles. The second-order valence-electron chi connectivity index (χ2n) is 6.44. The Bertz CT molecular complexity index is 294. The highest BCUT2D eigenvalue weighted by molar-refractivity contribution is 5.21. The molecule has 17 heavy (non-hydrogen) atoms. The van der Waals surface area contributed by atoms with E-state index < -0.39 is 0 Å². The molecule has 4 unspecified atom stereocenters. The molecule has 0 aromatic heterocycles. The quantitative estimate of drug-likeness (QED) is 0.722. The van der Waals surface area contributed by atoms with E-state index in [1.807, 2.05) is 0 Å². The van der Waals surface area contributed by atoms with Crippen LogP contribution in [0.15, 0.2) is 11.6 Å². The van der Waals surface area contributed by atoms with Crippen molar-refractivity contribution in [2.24, 2.45) is 17.8 Å². The highest BCUT2D eigenvalue weighted by atomic mass is 14.9. The third-order valence-corrected chi connectivity index (χ3v) is 5.32. The monoisotopic (exact) mass is 235 g/mol. The molecule has 2 aliphatic rings. The molecule has 4 atom stereocenters. The smallest absolute Gasteiger partial charge is 0.0360 e. The summed E-state index contributed by atoms with van der Waals surface area (Å²) in [6.07, 6.45) is 11.0. The van der Waals surface area contributed by atoms with E-state index in [0.717, 1.165) is 17.8 Å². The molecule has 0 radical (unpaired) electrons. The summed E-state index contributed by atoms with van der Waals surface area (Å²) >= 11 is 0. The van der Waals surface area contributed by atoms with Crippen molar-refractivity contribution in [2.45, 2.75) is 64.8 Å². The Hall–Kier alpha value is -0.300. The van der Waals surface area contributed by atoms with Crippen LogP contribution in [0.3, 0.4) is 0 Å². The summed E-state index contributed by atoms with van der Waals surface area (Å²) in [5.41, 5.74) is 1.82. The van der Waals surface area contributed by atoms with Crippen molar-refractivity contribution in [3.63, 3.8) is 0 Å². The van der Waals surface area contributed by atoms with E-state index in [1.165, 1.54) is 38.5 Å². The van der Waals surface area contributed by atoms with Crippen LogP contribution in [0.5, 0.6) is 0 Å². The zero-order chi connectivity index (χ0) is 12.5. The number of allylic oxidation sites excluding steroid dienone is 1. The van der Waals surface area contributed by atoms with Gasteiger partial charge in [0, 0.05) is 5.54 Å². The van der Waals surface area contributed by atoms with Crippen LogP contribution in [0.2, 0.25) is 0 Å². The second-order valence-corrected chi connectivity index (χ2v) is 6.44. The molecular formula is C16H29N. The molecule has 0 heterocycles. The zero-order valence-electron chi connectivity index (χ0n) is 12.1. The van der Waals surface area contributed by atoms with E-state index in [4.69, 9.17) is 0 Å². The van der Waals surface area contributed by atoms with Gasteiger partial charge in [0.1, 0.15) is 0 Å². The van der Waals surface area contributed by atoms with Gasteiger partial charge in [0.05, 0.1) is 0 Å². The largest absolute Gasteiger partial charge is 0.311 e. The van der Waals surface area contributed by atoms with Crippen molar-refractivity contribution in [2.75, 3.05) is 7.05 Å². The van der Waals surface area contributed by atoms with Crippen LogP contribution < -0.4 is 5.32 Å². The first kappa shape index (κ1) is 13.1. The van der Waals surface area contributed by atoms with Gasteiger partial charge >= 0.3 is 0 Å². The van der Waals surface area contributed by atoms with Gasteiger partial charge in [0.25, 0.3) is 0 Å². The number of hydrogen-bond acceptors (Lipinski definition) is 1. The van der Waals surface area contributed by atoms with Crippen LogP contribution in [-0.4, -0.2) is 12.6 Å². The average Bonchev–Trinajstić information content (AvgIpc) is 3.09. The third kappa shape index (κ3) is 2.76. The Balaban J connectivity index is 2.12. The summed E-state index contributed by atoms with van der Waals surface area (Å²) in [6, 6.07) is 0. The first-order valence-electron chi connectivity index (χ1n) is 7.48. The fourth-order valence-electron chi connectivity index (χ4n) is 3.49. The predicted molar refractivity (Wildman–Crippen MR) is 75.1 cm³/mol. The molecular weight excluding hydrogens is 206 g/mol. The highest BCUT2D eigenvalue weighted by Gasteiger charge is 2.44. The van der Waals surface area contributed by atoms with Crippen molar-refractivity contribution in [1.82, 2.24) is 5.32 Å². The molecule has 0 saturated heterocycles. The van der Waals surface area contributed by atoms with E-state index in [1.54, 1.807) is 5.57 Å². The van der Waals surface area contributed by atoms with Crippen molar-refractivity contribution in [1.29, 1.82) is 0 Å². The molecule has 1 saturated carbocycles. The summed E-state index contributed by atoms with van der Waals surface area (Å²) in [7, 11) is 2.12. The van der Waals surface area contributed by atoms with Crippen LogP contribution in [0.4, 0.5) is 0 Å². The molecule has 1 heteroatoms. The topological polar surface area (TPSA) is 12.0 Å². The van der Waals surface area contributed by atoms with E-state index in [0.29, 0.717) is 0 Å². The van der Waals surface area contributed by atoms with Crippen LogP contribution >= 0.6 is 0 Å². The molecule has 0 aliphatic heterocycles. The third-order valence-electron chi connectivity index (χ3n) is 5.32. The predicted octanol–water partition coefficient (Wildman–Crippen LogP) is 4.15.